The van der Waals surface area contributed by atoms with E-state index in [0.717, 1.165) is 28.1 Å². The summed E-state index contributed by atoms with van der Waals surface area (Å²) in [5, 5.41) is 2.90. The zero-order valence-corrected chi connectivity index (χ0v) is 15.5. The number of benzene rings is 1. The van der Waals surface area contributed by atoms with Crippen molar-refractivity contribution in [3.05, 3.63) is 77.2 Å². The summed E-state index contributed by atoms with van der Waals surface area (Å²) in [5.74, 6) is 0.213. The summed E-state index contributed by atoms with van der Waals surface area (Å²) < 4.78 is 0. The second-order valence-electron chi connectivity index (χ2n) is 6.21. The van der Waals surface area contributed by atoms with Gasteiger partial charge >= 0.3 is 0 Å². The molecule has 0 fully saturated rings. The van der Waals surface area contributed by atoms with E-state index in [9.17, 15) is 4.79 Å². The lowest BCUT2D eigenvalue weighted by atomic mass is 10.1. The highest BCUT2D eigenvalue weighted by atomic mass is 17.2. The molecule has 2 heterocycles. The van der Waals surface area contributed by atoms with E-state index < -0.39 is 0 Å². The van der Waals surface area contributed by atoms with Crippen LogP contribution in [0.3, 0.4) is 0 Å². The molecule has 3 rings (SSSR count). The minimum absolute atomic E-state index is 0.217. The molecule has 0 aliphatic carbocycles. The quantitative estimate of drug-likeness (QED) is 0.535. The van der Waals surface area contributed by atoms with Gasteiger partial charge in [0.15, 0.2) is 5.75 Å². The molecule has 0 saturated carbocycles. The Kier molecular flexibility index (Phi) is 5.78. The van der Waals surface area contributed by atoms with E-state index in [0.29, 0.717) is 17.9 Å². The fourth-order valence-corrected chi connectivity index (χ4v) is 2.55. The second-order valence-corrected chi connectivity index (χ2v) is 6.21. The summed E-state index contributed by atoms with van der Waals surface area (Å²) in [6, 6.07) is 12.9. The van der Waals surface area contributed by atoms with Crippen LogP contribution in [0.4, 0.5) is 0 Å². The summed E-state index contributed by atoms with van der Waals surface area (Å²) >= 11 is 0. The Labute approximate surface area is 158 Å². The number of hydrogen-bond acceptors (Lipinski definition) is 5. The maximum atomic E-state index is 12.6. The minimum atomic E-state index is -0.217. The summed E-state index contributed by atoms with van der Waals surface area (Å²) in [5.41, 5.74) is 4.91. The third-order valence-corrected chi connectivity index (χ3v) is 3.98. The van der Waals surface area contributed by atoms with Crippen LogP contribution in [0.25, 0.3) is 11.3 Å². The molecule has 0 unspecified atom stereocenters. The number of carbonyl (C=O) groups excluding carboxylic acids is 1. The molecular formula is C21H21N3O3. The summed E-state index contributed by atoms with van der Waals surface area (Å²) in [4.78, 5) is 31.2. The van der Waals surface area contributed by atoms with Crippen LogP contribution in [-0.2, 0) is 11.4 Å². The number of amides is 1. The smallest absolute Gasteiger partial charge is 0.251 e. The van der Waals surface area contributed by atoms with Crippen molar-refractivity contribution in [2.75, 3.05) is 7.11 Å². The number of aryl methyl sites for hydroxylation is 2. The van der Waals surface area contributed by atoms with E-state index in [-0.39, 0.29) is 5.91 Å². The van der Waals surface area contributed by atoms with Gasteiger partial charge in [-0.1, -0.05) is 12.1 Å². The van der Waals surface area contributed by atoms with E-state index in [1.165, 1.54) is 7.11 Å². The van der Waals surface area contributed by atoms with Gasteiger partial charge in [0.1, 0.15) is 0 Å². The normalized spacial score (nSPS) is 10.5. The summed E-state index contributed by atoms with van der Waals surface area (Å²) in [6.45, 7) is 4.28. The lowest BCUT2D eigenvalue weighted by molar-refractivity contribution is -0.178. The molecule has 2 aromatic heterocycles. The number of carbonyl (C=O) groups is 1. The molecule has 0 aliphatic heterocycles. The maximum absolute atomic E-state index is 12.6. The fraction of sp³-hybridized carbons (Fsp3) is 0.190. The molecule has 0 bridgehead atoms. The number of nitrogens with one attached hydrogen (secondary N) is 1. The van der Waals surface area contributed by atoms with Crippen LogP contribution in [-0.4, -0.2) is 23.0 Å². The van der Waals surface area contributed by atoms with Gasteiger partial charge in [0, 0.05) is 35.8 Å². The third kappa shape index (κ3) is 4.89. The molecule has 1 aromatic carbocycles. The molecule has 0 saturated heterocycles. The van der Waals surface area contributed by atoms with E-state index in [1.807, 2.05) is 38.1 Å². The van der Waals surface area contributed by atoms with Crippen LogP contribution in [0.15, 0.2) is 54.9 Å². The third-order valence-electron chi connectivity index (χ3n) is 3.98. The van der Waals surface area contributed by atoms with Crippen molar-refractivity contribution >= 4 is 5.91 Å². The molecular weight excluding hydrogens is 342 g/mol. The zero-order valence-electron chi connectivity index (χ0n) is 15.5. The Balaban J connectivity index is 1.83. The van der Waals surface area contributed by atoms with Crippen LogP contribution >= 0.6 is 0 Å². The topological polar surface area (TPSA) is 73.3 Å². The molecule has 0 aliphatic rings. The fourth-order valence-electron chi connectivity index (χ4n) is 2.55. The Morgan fingerprint density at radius 3 is 2.56 bits per heavy atom. The largest absolute Gasteiger partial charge is 0.348 e. The van der Waals surface area contributed by atoms with Gasteiger partial charge < -0.3 is 10.2 Å². The molecule has 27 heavy (non-hydrogen) atoms. The van der Waals surface area contributed by atoms with Crippen molar-refractivity contribution in [3.8, 4) is 17.0 Å². The SMILES string of the molecule is COOc1cc(C(=O)NCc2ccc(C)nc2)cc(-c2ccc(C)cn2)c1. The average molecular weight is 363 g/mol. The average Bonchev–Trinajstić information content (AvgIpc) is 2.68. The minimum Gasteiger partial charge on any atom is -0.348 e. The molecule has 0 atom stereocenters. The van der Waals surface area contributed by atoms with Crippen LogP contribution in [0.5, 0.6) is 5.75 Å². The first-order chi connectivity index (χ1) is 13.0. The van der Waals surface area contributed by atoms with Crippen LogP contribution in [0.2, 0.25) is 0 Å². The standard InChI is InChI=1S/C21H21N3O3/c1-14-4-7-20(23-11-14)17-8-18(10-19(9-17)27-26-3)21(25)24-13-16-6-5-15(2)22-12-16/h4-12H,13H2,1-3H3,(H,24,25). The lowest BCUT2D eigenvalue weighted by Gasteiger charge is -2.10. The Hall–Kier alpha value is -3.25. The van der Waals surface area contributed by atoms with E-state index in [1.54, 1.807) is 30.6 Å². The number of hydrogen-bond donors (Lipinski definition) is 1. The van der Waals surface area contributed by atoms with Crippen LogP contribution in [0.1, 0.15) is 27.2 Å². The predicted molar refractivity (Wildman–Crippen MR) is 102 cm³/mol. The molecule has 3 aromatic rings. The van der Waals surface area contributed by atoms with Gasteiger partial charge in [0.2, 0.25) is 0 Å². The molecule has 1 N–H and O–H groups in total. The first kappa shape index (κ1) is 18.5. The van der Waals surface area contributed by atoms with Gasteiger partial charge in [-0.05, 0) is 55.3 Å². The van der Waals surface area contributed by atoms with Crippen molar-refractivity contribution in [2.24, 2.45) is 0 Å². The highest BCUT2D eigenvalue weighted by Gasteiger charge is 2.12. The van der Waals surface area contributed by atoms with Crippen molar-refractivity contribution in [1.82, 2.24) is 15.3 Å². The van der Waals surface area contributed by atoms with Crippen molar-refractivity contribution in [2.45, 2.75) is 20.4 Å². The lowest BCUT2D eigenvalue weighted by Crippen LogP contribution is -2.23. The predicted octanol–water partition coefficient (Wildman–Crippen LogP) is 3.63. The Morgan fingerprint density at radius 1 is 1.04 bits per heavy atom. The van der Waals surface area contributed by atoms with Gasteiger partial charge in [0.25, 0.3) is 5.91 Å². The molecule has 0 spiro atoms. The van der Waals surface area contributed by atoms with Gasteiger partial charge in [-0.25, -0.2) is 0 Å². The van der Waals surface area contributed by atoms with E-state index in [2.05, 4.69) is 15.3 Å². The summed E-state index contributed by atoms with van der Waals surface area (Å²) in [6.07, 6.45) is 3.53. The van der Waals surface area contributed by atoms with Crippen molar-refractivity contribution in [1.29, 1.82) is 0 Å². The van der Waals surface area contributed by atoms with Gasteiger partial charge in [-0.2, -0.15) is 4.89 Å². The number of pyridine rings is 2. The summed E-state index contributed by atoms with van der Waals surface area (Å²) in [7, 11) is 1.42. The zero-order chi connectivity index (χ0) is 19.2. The van der Waals surface area contributed by atoms with Crippen molar-refractivity contribution in [3.63, 3.8) is 0 Å². The second kappa shape index (κ2) is 8.42. The number of rotatable bonds is 6. The molecule has 0 radical (unpaired) electrons. The van der Waals surface area contributed by atoms with Crippen LogP contribution < -0.4 is 10.2 Å². The molecule has 6 heteroatoms. The highest BCUT2D eigenvalue weighted by molar-refractivity contribution is 5.95. The molecule has 6 nitrogen and oxygen atoms in total. The first-order valence-corrected chi connectivity index (χ1v) is 8.53. The van der Waals surface area contributed by atoms with E-state index >= 15 is 0 Å². The maximum Gasteiger partial charge on any atom is 0.251 e. The van der Waals surface area contributed by atoms with Gasteiger partial charge in [-0.15, -0.1) is 0 Å². The van der Waals surface area contributed by atoms with Crippen molar-refractivity contribution < 1.29 is 14.6 Å². The monoisotopic (exact) mass is 363 g/mol. The van der Waals surface area contributed by atoms with Crippen LogP contribution in [0, 0.1) is 13.8 Å². The van der Waals surface area contributed by atoms with Gasteiger partial charge in [0.05, 0.1) is 12.8 Å². The van der Waals surface area contributed by atoms with E-state index in [4.69, 9.17) is 9.78 Å². The Morgan fingerprint density at radius 2 is 1.89 bits per heavy atom. The molecule has 1 amide bonds. The Bertz CT molecular complexity index is 922. The van der Waals surface area contributed by atoms with Gasteiger partial charge in [-0.3, -0.25) is 14.8 Å². The number of nitrogens with zero attached hydrogens (tertiary/aromatic N) is 2. The highest BCUT2D eigenvalue weighted by Crippen LogP contribution is 2.25. The first-order valence-electron chi connectivity index (χ1n) is 8.53. The molecule has 138 valence electrons. The number of aromatic nitrogens is 2.